The van der Waals surface area contributed by atoms with Crippen molar-refractivity contribution in [2.24, 2.45) is 0 Å². The normalized spacial score (nSPS) is 14.8. The molecule has 0 saturated carbocycles. The number of benzene rings is 1. The molecule has 156 valence electrons. The van der Waals surface area contributed by atoms with Crippen molar-refractivity contribution in [2.45, 2.75) is 32.7 Å². The number of anilines is 1. The van der Waals surface area contributed by atoms with E-state index >= 15 is 0 Å². The monoisotopic (exact) mass is 398 g/mol. The van der Waals surface area contributed by atoms with Crippen LogP contribution in [0.1, 0.15) is 48.8 Å². The number of amides is 3. The molecule has 1 aliphatic rings. The fourth-order valence-corrected chi connectivity index (χ4v) is 3.75. The molecule has 1 fully saturated rings. The van der Waals surface area contributed by atoms with E-state index in [4.69, 9.17) is 4.42 Å². The molecule has 1 aromatic carbocycles. The molecule has 1 aromatic heterocycles. The molecular formula is C22H30N4O3. The van der Waals surface area contributed by atoms with E-state index in [1.807, 2.05) is 17.0 Å². The molecule has 2 heterocycles. The van der Waals surface area contributed by atoms with Crippen LogP contribution in [-0.4, -0.2) is 54.5 Å². The Labute approximate surface area is 172 Å². The minimum Gasteiger partial charge on any atom is -0.468 e. The number of nitrogens with zero attached hydrogens (tertiary/aromatic N) is 2. The first-order chi connectivity index (χ1) is 14.1. The van der Waals surface area contributed by atoms with E-state index < -0.39 is 0 Å². The van der Waals surface area contributed by atoms with Gasteiger partial charge in [0.05, 0.1) is 12.3 Å². The molecule has 1 aliphatic heterocycles. The Morgan fingerprint density at radius 3 is 2.55 bits per heavy atom. The topological polar surface area (TPSA) is 77.8 Å². The summed E-state index contributed by atoms with van der Waals surface area (Å²) in [5.41, 5.74) is 1.20. The average Bonchev–Trinajstić information content (AvgIpc) is 3.45. The Morgan fingerprint density at radius 2 is 1.90 bits per heavy atom. The van der Waals surface area contributed by atoms with Crippen molar-refractivity contribution >= 4 is 17.6 Å². The maximum Gasteiger partial charge on any atom is 0.319 e. The minimum absolute atomic E-state index is 0.0194. The number of likely N-dealkylation sites (tertiary alicyclic amines) is 1. The number of nitrogens with one attached hydrogen (secondary N) is 2. The summed E-state index contributed by atoms with van der Waals surface area (Å²) >= 11 is 0. The molecule has 2 N–H and O–H groups in total. The number of hydrogen-bond donors (Lipinski definition) is 2. The van der Waals surface area contributed by atoms with Crippen molar-refractivity contribution in [3.63, 3.8) is 0 Å². The van der Waals surface area contributed by atoms with Crippen molar-refractivity contribution in [3.8, 4) is 0 Å². The van der Waals surface area contributed by atoms with Crippen LogP contribution in [0.15, 0.2) is 47.1 Å². The van der Waals surface area contributed by atoms with Crippen LogP contribution in [-0.2, 0) is 0 Å². The van der Waals surface area contributed by atoms with Gasteiger partial charge in [0.15, 0.2) is 0 Å². The lowest BCUT2D eigenvalue weighted by Crippen LogP contribution is -2.39. The van der Waals surface area contributed by atoms with Gasteiger partial charge in [-0.1, -0.05) is 19.9 Å². The van der Waals surface area contributed by atoms with Crippen LogP contribution in [0.5, 0.6) is 0 Å². The van der Waals surface area contributed by atoms with Gasteiger partial charge in [-0.05, 0) is 56.3 Å². The third kappa shape index (κ3) is 5.38. The summed E-state index contributed by atoms with van der Waals surface area (Å²) in [7, 11) is 0. The summed E-state index contributed by atoms with van der Waals surface area (Å²) in [4.78, 5) is 29.1. The molecule has 0 radical (unpaired) electrons. The number of likely N-dealkylation sites (N-methyl/N-ethyl adjacent to an activating group) is 1. The quantitative estimate of drug-likeness (QED) is 0.710. The highest BCUT2D eigenvalue weighted by atomic mass is 16.3. The lowest BCUT2D eigenvalue weighted by molar-refractivity contribution is 0.0793. The Balaban J connectivity index is 1.60. The fraction of sp³-hybridized carbons (Fsp3) is 0.455. The van der Waals surface area contributed by atoms with E-state index in [2.05, 4.69) is 29.4 Å². The van der Waals surface area contributed by atoms with Gasteiger partial charge in [-0.25, -0.2) is 4.79 Å². The molecule has 1 atom stereocenters. The molecule has 7 heteroatoms. The van der Waals surface area contributed by atoms with E-state index in [-0.39, 0.29) is 18.0 Å². The van der Waals surface area contributed by atoms with Crippen molar-refractivity contribution in [1.82, 2.24) is 15.1 Å². The van der Waals surface area contributed by atoms with Crippen LogP contribution in [0.25, 0.3) is 0 Å². The Hall–Kier alpha value is -2.80. The third-order valence-electron chi connectivity index (χ3n) is 5.34. The average molecular weight is 399 g/mol. The van der Waals surface area contributed by atoms with Gasteiger partial charge < -0.3 is 20.0 Å². The van der Waals surface area contributed by atoms with Gasteiger partial charge in [0.25, 0.3) is 5.91 Å². The van der Waals surface area contributed by atoms with Crippen LogP contribution in [0.2, 0.25) is 0 Å². The number of carbonyl (C=O) groups excluding carboxylic acids is 2. The van der Waals surface area contributed by atoms with Crippen LogP contribution < -0.4 is 10.6 Å². The highest BCUT2D eigenvalue weighted by molar-refractivity contribution is 5.97. The largest absolute Gasteiger partial charge is 0.468 e. The lowest BCUT2D eigenvalue weighted by atomic mass is 10.1. The van der Waals surface area contributed by atoms with Gasteiger partial charge in [-0.3, -0.25) is 9.69 Å². The summed E-state index contributed by atoms with van der Waals surface area (Å²) in [5.74, 6) is 0.846. The van der Waals surface area contributed by atoms with Crippen LogP contribution >= 0.6 is 0 Å². The number of furan rings is 1. The Kier molecular flexibility index (Phi) is 7.30. The number of carbonyl (C=O) groups is 2. The second-order valence-corrected chi connectivity index (χ2v) is 7.17. The SMILES string of the molecule is CCN(CC)C(CNC(=O)Nc1cccc(C(=O)N2CCCC2)c1)c1ccco1. The van der Waals surface area contributed by atoms with Gasteiger partial charge in [0, 0.05) is 30.9 Å². The van der Waals surface area contributed by atoms with Gasteiger partial charge in [-0.15, -0.1) is 0 Å². The molecule has 2 aromatic rings. The van der Waals surface area contributed by atoms with Crippen LogP contribution in [0.3, 0.4) is 0 Å². The predicted molar refractivity (Wildman–Crippen MR) is 113 cm³/mol. The first-order valence-electron chi connectivity index (χ1n) is 10.3. The van der Waals surface area contributed by atoms with Gasteiger partial charge in [-0.2, -0.15) is 0 Å². The van der Waals surface area contributed by atoms with Crippen molar-refractivity contribution in [1.29, 1.82) is 0 Å². The predicted octanol–water partition coefficient (Wildman–Crippen LogP) is 3.72. The van der Waals surface area contributed by atoms with Crippen molar-refractivity contribution in [2.75, 3.05) is 38.0 Å². The zero-order valence-corrected chi connectivity index (χ0v) is 17.2. The first kappa shape index (κ1) is 20.9. The molecule has 3 rings (SSSR count). The molecule has 7 nitrogen and oxygen atoms in total. The van der Waals surface area contributed by atoms with Crippen LogP contribution in [0.4, 0.5) is 10.5 Å². The van der Waals surface area contributed by atoms with E-state index in [9.17, 15) is 9.59 Å². The maximum atomic E-state index is 12.6. The minimum atomic E-state index is -0.306. The molecule has 0 spiro atoms. The highest BCUT2D eigenvalue weighted by Gasteiger charge is 2.22. The molecule has 3 amide bonds. The zero-order valence-electron chi connectivity index (χ0n) is 17.2. The zero-order chi connectivity index (χ0) is 20.6. The van der Waals surface area contributed by atoms with E-state index in [1.165, 1.54) is 0 Å². The second-order valence-electron chi connectivity index (χ2n) is 7.17. The summed E-state index contributed by atoms with van der Waals surface area (Å²) < 4.78 is 5.57. The highest BCUT2D eigenvalue weighted by Crippen LogP contribution is 2.20. The Bertz CT molecular complexity index is 796. The Morgan fingerprint density at radius 1 is 1.14 bits per heavy atom. The molecule has 0 aliphatic carbocycles. The van der Waals surface area contributed by atoms with Gasteiger partial charge >= 0.3 is 6.03 Å². The summed E-state index contributed by atoms with van der Waals surface area (Å²) in [6, 6.07) is 10.5. The number of urea groups is 1. The van der Waals surface area contributed by atoms with Gasteiger partial charge in [0.1, 0.15) is 5.76 Å². The number of rotatable bonds is 8. The molecule has 0 bridgehead atoms. The summed E-state index contributed by atoms with van der Waals surface area (Å²) in [6.45, 7) is 7.91. The standard InChI is InChI=1S/C22H30N4O3/c1-3-25(4-2)19(20-11-8-14-29-20)16-23-22(28)24-18-10-7-9-17(15-18)21(27)26-12-5-6-13-26/h7-11,14-15,19H,3-6,12-13,16H2,1-2H3,(H2,23,24,28). The smallest absolute Gasteiger partial charge is 0.319 e. The van der Waals surface area contributed by atoms with E-state index in [1.54, 1.807) is 30.5 Å². The first-order valence-corrected chi connectivity index (χ1v) is 10.3. The molecule has 1 unspecified atom stereocenters. The fourth-order valence-electron chi connectivity index (χ4n) is 3.75. The molecule has 1 saturated heterocycles. The number of hydrogen-bond acceptors (Lipinski definition) is 4. The molecule has 29 heavy (non-hydrogen) atoms. The van der Waals surface area contributed by atoms with E-state index in [0.29, 0.717) is 17.8 Å². The summed E-state index contributed by atoms with van der Waals surface area (Å²) in [5, 5.41) is 5.76. The van der Waals surface area contributed by atoms with Crippen LogP contribution in [0, 0.1) is 0 Å². The van der Waals surface area contributed by atoms with Gasteiger partial charge in [0.2, 0.25) is 0 Å². The summed E-state index contributed by atoms with van der Waals surface area (Å²) in [6.07, 6.45) is 3.75. The maximum absolute atomic E-state index is 12.6. The second kappa shape index (κ2) is 10.1. The lowest BCUT2D eigenvalue weighted by Gasteiger charge is -2.28. The third-order valence-corrected chi connectivity index (χ3v) is 5.34. The molecular weight excluding hydrogens is 368 g/mol. The van der Waals surface area contributed by atoms with E-state index in [0.717, 1.165) is 44.8 Å². The van der Waals surface area contributed by atoms with Crippen molar-refractivity contribution < 1.29 is 14.0 Å². The van der Waals surface area contributed by atoms with Crippen molar-refractivity contribution in [3.05, 3.63) is 54.0 Å².